The average molecular weight is 259 g/mol. The molecule has 1 heterocycles. The molecule has 0 saturated carbocycles. The lowest BCUT2D eigenvalue weighted by molar-refractivity contribution is -0.131. The molecule has 0 unspecified atom stereocenters. The Hall–Kier alpha value is -2.56. The summed E-state index contributed by atoms with van der Waals surface area (Å²) in [6.07, 6.45) is 1.46. The molecule has 0 spiro atoms. The first-order chi connectivity index (χ1) is 9.06. The van der Waals surface area contributed by atoms with Crippen LogP contribution in [0.2, 0.25) is 0 Å². The van der Waals surface area contributed by atoms with E-state index in [2.05, 4.69) is 5.32 Å². The Kier molecular flexibility index (Phi) is 3.66. The van der Waals surface area contributed by atoms with Crippen molar-refractivity contribution in [1.82, 2.24) is 0 Å². The molecular weight excluding hydrogens is 246 g/mol. The molecule has 1 aromatic carbocycles. The minimum absolute atomic E-state index is 0.272. The molecule has 5 heteroatoms. The van der Waals surface area contributed by atoms with Gasteiger partial charge in [-0.15, -0.1) is 0 Å². The van der Waals surface area contributed by atoms with Crippen LogP contribution in [0.4, 0.5) is 5.69 Å². The molecule has 2 aromatic rings. The van der Waals surface area contributed by atoms with E-state index in [1.807, 2.05) is 0 Å². The second kappa shape index (κ2) is 5.39. The Morgan fingerprint density at radius 1 is 1.26 bits per heavy atom. The zero-order chi connectivity index (χ0) is 13.8. The van der Waals surface area contributed by atoms with Crippen LogP contribution in [0.15, 0.2) is 41.0 Å². The van der Waals surface area contributed by atoms with Gasteiger partial charge in [0.1, 0.15) is 11.5 Å². The van der Waals surface area contributed by atoms with Crippen LogP contribution in [-0.4, -0.2) is 11.9 Å². The van der Waals surface area contributed by atoms with Crippen molar-refractivity contribution in [2.75, 3.05) is 5.32 Å². The van der Waals surface area contributed by atoms with E-state index in [1.54, 1.807) is 37.3 Å². The van der Waals surface area contributed by atoms with Gasteiger partial charge in [0.15, 0.2) is 0 Å². The predicted molar refractivity (Wildman–Crippen MR) is 69.1 cm³/mol. The second-order valence-electron chi connectivity index (χ2n) is 3.97. The van der Waals surface area contributed by atoms with Gasteiger partial charge in [-0.1, -0.05) is 6.07 Å². The maximum Gasteiger partial charge on any atom is 0.308 e. The summed E-state index contributed by atoms with van der Waals surface area (Å²) < 4.78 is 10.0. The normalized spacial score (nSPS) is 10.0. The molecule has 0 aliphatic rings. The van der Waals surface area contributed by atoms with Crippen LogP contribution in [0.1, 0.15) is 23.0 Å². The summed E-state index contributed by atoms with van der Waals surface area (Å²) in [6.45, 7) is 3.03. The van der Waals surface area contributed by atoms with E-state index in [9.17, 15) is 9.59 Å². The molecule has 0 radical (unpaired) electrons. The van der Waals surface area contributed by atoms with Crippen molar-refractivity contribution < 1.29 is 18.7 Å². The Bertz CT molecular complexity index is 615. The number of rotatable bonds is 3. The van der Waals surface area contributed by atoms with Crippen molar-refractivity contribution in [1.29, 1.82) is 0 Å². The highest BCUT2D eigenvalue weighted by Gasteiger charge is 2.11. The number of nitrogens with one attached hydrogen (secondary N) is 1. The van der Waals surface area contributed by atoms with Crippen molar-refractivity contribution >= 4 is 17.6 Å². The third-order valence-electron chi connectivity index (χ3n) is 2.46. The fourth-order valence-corrected chi connectivity index (χ4v) is 1.62. The number of anilines is 1. The molecule has 1 aromatic heterocycles. The van der Waals surface area contributed by atoms with Crippen LogP contribution < -0.4 is 10.1 Å². The standard InChI is InChI=1S/C14H13NO4/c1-9-13(6-7-18-9)14(17)15-11-4-3-5-12(8-11)19-10(2)16/h3-8H,1-2H3,(H,15,17). The van der Waals surface area contributed by atoms with E-state index in [1.165, 1.54) is 13.2 Å². The fraction of sp³-hybridized carbons (Fsp3) is 0.143. The zero-order valence-electron chi connectivity index (χ0n) is 10.6. The minimum Gasteiger partial charge on any atom is -0.469 e. The largest absolute Gasteiger partial charge is 0.469 e. The van der Waals surface area contributed by atoms with Gasteiger partial charge in [0.2, 0.25) is 0 Å². The zero-order valence-corrected chi connectivity index (χ0v) is 10.6. The van der Waals surface area contributed by atoms with Crippen molar-refractivity contribution in [2.45, 2.75) is 13.8 Å². The van der Waals surface area contributed by atoms with E-state index < -0.39 is 5.97 Å². The van der Waals surface area contributed by atoms with E-state index >= 15 is 0 Å². The van der Waals surface area contributed by atoms with Gasteiger partial charge in [-0.25, -0.2) is 0 Å². The number of furan rings is 1. The molecule has 2 rings (SSSR count). The Morgan fingerprint density at radius 2 is 2.05 bits per heavy atom. The monoisotopic (exact) mass is 259 g/mol. The van der Waals surface area contributed by atoms with Crippen LogP contribution in [0.25, 0.3) is 0 Å². The minimum atomic E-state index is -0.408. The predicted octanol–water partition coefficient (Wildman–Crippen LogP) is 2.77. The molecule has 0 bridgehead atoms. The summed E-state index contributed by atoms with van der Waals surface area (Å²) >= 11 is 0. The molecule has 5 nitrogen and oxygen atoms in total. The van der Waals surface area contributed by atoms with Gasteiger partial charge in [0.25, 0.3) is 5.91 Å². The molecule has 98 valence electrons. The number of hydrogen-bond donors (Lipinski definition) is 1. The van der Waals surface area contributed by atoms with Gasteiger partial charge >= 0.3 is 5.97 Å². The van der Waals surface area contributed by atoms with E-state index in [-0.39, 0.29) is 5.91 Å². The first-order valence-electron chi connectivity index (χ1n) is 5.70. The van der Waals surface area contributed by atoms with Crippen LogP contribution in [0.3, 0.4) is 0 Å². The highest BCUT2D eigenvalue weighted by molar-refractivity contribution is 6.05. The maximum absolute atomic E-state index is 12.0. The summed E-state index contributed by atoms with van der Waals surface area (Å²) in [4.78, 5) is 22.8. The molecule has 0 aliphatic carbocycles. The maximum atomic E-state index is 12.0. The molecule has 0 fully saturated rings. The van der Waals surface area contributed by atoms with Crippen molar-refractivity contribution in [3.8, 4) is 5.75 Å². The average Bonchev–Trinajstić information content (AvgIpc) is 2.75. The first kappa shape index (κ1) is 12.9. The van der Waals surface area contributed by atoms with Crippen molar-refractivity contribution in [3.05, 3.63) is 47.9 Å². The molecule has 19 heavy (non-hydrogen) atoms. The van der Waals surface area contributed by atoms with Gasteiger partial charge in [-0.3, -0.25) is 9.59 Å². The summed E-state index contributed by atoms with van der Waals surface area (Å²) in [7, 11) is 0. The summed E-state index contributed by atoms with van der Waals surface area (Å²) in [6, 6.07) is 8.21. The molecule has 1 N–H and O–H groups in total. The van der Waals surface area contributed by atoms with E-state index in [0.29, 0.717) is 22.8 Å². The lowest BCUT2D eigenvalue weighted by atomic mass is 10.2. The SMILES string of the molecule is CC(=O)Oc1cccc(NC(=O)c2ccoc2C)c1. The number of carbonyl (C=O) groups excluding carboxylic acids is 2. The topological polar surface area (TPSA) is 68.5 Å². The Balaban J connectivity index is 2.13. The molecule has 0 atom stereocenters. The summed E-state index contributed by atoms with van der Waals surface area (Å²) in [5, 5.41) is 2.71. The van der Waals surface area contributed by atoms with Gasteiger partial charge in [-0.05, 0) is 25.1 Å². The van der Waals surface area contributed by atoms with Crippen LogP contribution in [0, 0.1) is 6.92 Å². The third-order valence-corrected chi connectivity index (χ3v) is 2.46. The van der Waals surface area contributed by atoms with Crippen molar-refractivity contribution in [3.63, 3.8) is 0 Å². The Labute approximate surface area is 110 Å². The number of amides is 1. The van der Waals surface area contributed by atoms with Crippen LogP contribution in [0.5, 0.6) is 5.75 Å². The highest BCUT2D eigenvalue weighted by atomic mass is 16.5. The van der Waals surface area contributed by atoms with E-state index in [4.69, 9.17) is 9.15 Å². The lowest BCUT2D eigenvalue weighted by Crippen LogP contribution is -2.12. The summed E-state index contributed by atoms with van der Waals surface area (Å²) in [5.41, 5.74) is 1.02. The molecule has 0 aliphatic heterocycles. The van der Waals surface area contributed by atoms with Crippen molar-refractivity contribution in [2.24, 2.45) is 0 Å². The van der Waals surface area contributed by atoms with Gasteiger partial charge in [0.05, 0.1) is 11.8 Å². The number of aryl methyl sites for hydroxylation is 1. The quantitative estimate of drug-likeness (QED) is 0.679. The number of carbonyl (C=O) groups is 2. The molecular formula is C14H13NO4. The highest BCUT2D eigenvalue weighted by Crippen LogP contribution is 2.19. The lowest BCUT2D eigenvalue weighted by Gasteiger charge is -2.06. The Morgan fingerprint density at radius 3 is 2.68 bits per heavy atom. The molecule has 1 amide bonds. The van der Waals surface area contributed by atoms with Gasteiger partial charge in [0, 0.05) is 18.7 Å². The van der Waals surface area contributed by atoms with E-state index in [0.717, 1.165) is 0 Å². The van der Waals surface area contributed by atoms with Gasteiger partial charge < -0.3 is 14.5 Å². The number of ether oxygens (including phenoxy) is 1. The van der Waals surface area contributed by atoms with Crippen LogP contribution >= 0.6 is 0 Å². The number of benzene rings is 1. The summed E-state index contributed by atoms with van der Waals surface area (Å²) in [5.74, 6) is 0.253. The number of esters is 1. The van der Waals surface area contributed by atoms with Crippen LogP contribution in [-0.2, 0) is 4.79 Å². The molecule has 0 saturated heterocycles. The smallest absolute Gasteiger partial charge is 0.308 e. The second-order valence-corrected chi connectivity index (χ2v) is 3.97. The fourth-order valence-electron chi connectivity index (χ4n) is 1.62. The van der Waals surface area contributed by atoms with Gasteiger partial charge in [-0.2, -0.15) is 0 Å². The third kappa shape index (κ3) is 3.22. The number of hydrogen-bond acceptors (Lipinski definition) is 4. The first-order valence-corrected chi connectivity index (χ1v) is 5.70.